The average molecular weight is 321 g/mol. The Morgan fingerprint density at radius 3 is 1.12 bits per heavy atom. The summed E-state index contributed by atoms with van der Waals surface area (Å²) in [5.41, 5.74) is 3.50. The molecule has 4 heteroatoms. The Morgan fingerprint density at radius 2 is 0.917 bits per heavy atom. The van der Waals surface area contributed by atoms with Gasteiger partial charge >= 0.3 is 5.97 Å². The summed E-state index contributed by atoms with van der Waals surface area (Å²) in [6.45, 7) is -0.778. The van der Waals surface area contributed by atoms with Crippen molar-refractivity contribution in [2.45, 2.75) is 0 Å². The number of aliphatic hydroxyl groups excluding tert-OH is 1. The highest BCUT2D eigenvalue weighted by Crippen LogP contribution is 2.33. The van der Waals surface area contributed by atoms with Crippen molar-refractivity contribution in [1.82, 2.24) is 0 Å². The largest absolute Gasteiger partial charge is 0.480 e. The molecule has 24 heavy (non-hydrogen) atoms. The molecule has 0 aliphatic heterocycles. The molecule has 0 atom stereocenters. The molecule has 0 bridgehead atoms. The number of carboxylic acids is 1. The first kappa shape index (κ1) is 17.2. The van der Waals surface area contributed by atoms with Gasteiger partial charge in [-0.05, 0) is 36.4 Å². The zero-order valence-corrected chi connectivity index (χ0v) is 13.1. The minimum Gasteiger partial charge on any atom is -0.480 e. The van der Waals surface area contributed by atoms with Gasteiger partial charge in [-0.2, -0.15) is 0 Å². The monoisotopic (exact) mass is 321 g/mol. The third-order valence-corrected chi connectivity index (χ3v) is 3.18. The van der Waals surface area contributed by atoms with Crippen LogP contribution in [0.4, 0.5) is 17.1 Å². The maximum atomic E-state index is 9.12. The van der Waals surface area contributed by atoms with Crippen LogP contribution < -0.4 is 4.90 Å². The summed E-state index contributed by atoms with van der Waals surface area (Å²) in [4.78, 5) is 11.4. The summed E-state index contributed by atoms with van der Waals surface area (Å²) in [6, 6.07) is 31.3. The molecule has 0 saturated heterocycles. The molecule has 0 saturated carbocycles. The molecule has 0 aliphatic carbocycles. The van der Waals surface area contributed by atoms with Crippen LogP contribution in [0.25, 0.3) is 0 Å². The lowest BCUT2D eigenvalue weighted by Crippen LogP contribution is -2.09. The number of hydrogen-bond acceptors (Lipinski definition) is 3. The van der Waals surface area contributed by atoms with E-state index in [4.69, 9.17) is 15.0 Å². The Hall–Kier alpha value is -3.11. The predicted octanol–water partition coefficient (Wildman–Crippen LogP) is 4.22. The number of aliphatic carboxylic acids is 1. The van der Waals surface area contributed by atoms with E-state index in [2.05, 4.69) is 77.7 Å². The lowest BCUT2D eigenvalue weighted by molar-refractivity contribution is -0.140. The van der Waals surface area contributed by atoms with Crippen LogP contribution in [0.5, 0.6) is 0 Å². The van der Waals surface area contributed by atoms with Crippen molar-refractivity contribution in [2.75, 3.05) is 11.5 Å². The summed E-state index contributed by atoms with van der Waals surface area (Å²) in [6.07, 6.45) is 0. The van der Waals surface area contributed by atoms with Crippen molar-refractivity contribution in [1.29, 1.82) is 0 Å². The maximum absolute atomic E-state index is 9.12. The van der Waals surface area contributed by atoms with Gasteiger partial charge in [0.05, 0.1) is 0 Å². The van der Waals surface area contributed by atoms with Gasteiger partial charge in [0.25, 0.3) is 0 Å². The van der Waals surface area contributed by atoms with Crippen molar-refractivity contribution in [2.24, 2.45) is 0 Å². The number of carboxylic acid groups (broad SMARTS) is 1. The van der Waals surface area contributed by atoms with E-state index < -0.39 is 12.6 Å². The molecule has 122 valence electrons. The summed E-state index contributed by atoms with van der Waals surface area (Å²) >= 11 is 0. The third-order valence-electron chi connectivity index (χ3n) is 3.18. The summed E-state index contributed by atoms with van der Waals surface area (Å²) in [5, 5.41) is 15.0. The molecular formula is C20H19NO3. The molecule has 3 aromatic carbocycles. The second-order valence-electron chi connectivity index (χ2n) is 4.89. The smallest absolute Gasteiger partial charge is 0.329 e. The number of benzene rings is 3. The fourth-order valence-corrected chi connectivity index (χ4v) is 2.18. The van der Waals surface area contributed by atoms with E-state index in [0.29, 0.717) is 0 Å². The SMILES string of the molecule is O=C(O)CO.c1ccc(N(c2ccccc2)c2ccccc2)cc1. The molecule has 0 aliphatic rings. The second-order valence-corrected chi connectivity index (χ2v) is 4.89. The highest BCUT2D eigenvalue weighted by Gasteiger charge is 2.10. The number of rotatable bonds is 4. The minimum absolute atomic E-state index is 0.778. The fourth-order valence-electron chi connectivity index (χ4n) is 2.18. The number of carbonyl (C=O) groups is 1. The van der Waals surface area contributed by atoms with Crippen LogP contribution >= 0.6 is 0 Å². The molecular weight excluding hydrogens is 302 g/mol. The Bertz CT molecular complexity index is 637. The van der Waals surface area contributed by atoms with Crippen LogP contribution in [-0.4, -0.2) is 22.8 Å². The molecule has 0 unspecified atom stereocenters. The Labute approximate surface area is 141 Å². The number of aliphatic hydroxyl groups is 1. The third kappa shape index (κ3) is 4.97. The molecule has 2 N–H and O–H groups in total. The van der Waals surface area contributed by atoms with Crippen molar-refractivity contribution in [3.8, 4) is 0 Å². The van der Waals surface area contributed by atoms with Gasteiger partial charge in [0.1, 0.15) is 6.61 Å². The topological polar surface area (TPSA) is 60.8 Å². The molecule has 0 radical (unpaired) electrons. The molecule has 0 fully saturated rings. The molecule has 0 aromatic heterocycles. The Balaban J connectivity index is 0.000000368. The molecule has 3 aromatic rings. The van der Waals surface area contributed by atoms with E-state index in [9.17, 15) is 0 Å². The minimum atomic E-state index is -1.19. The Morgan fingerprint density at radius 1 is 0.667 bits per heavy atom. The average Bonchev–Trinajstić information content (AvgIpc) is 2.65. The molecule has 0 spiro atoms. The number of hydrogen-bond donors (Lipinski definition) is 2. The lowest BCUT2D eigenvalue weighted by Gasteiger charge is -2.25. The molecule has 0 heterocycles. The summed E-state index contributed by atoms with van der Waals surface area (Å²) in [5.74, 6) is -1.19. The second kappa shape index (κ2) is 9.12. The van der Waals surface area contributed by atoms with Crippen LogP contribution in [0, 0.1) is 0 Å². The van der Waals surface area contributed by atoms with E-state index in [1.165, 1.54) is 17.1 Å². The van der Waals surface area contributed by atoms with E-state index in [1.54, 1.807) is 0 Å². The van der Waals surface area contributed by atoms with Crippen LogP contribution in [0.2, 0.25) is 0 Å². The number of para-hydroxylation sites is 3. The van der Waals surface area contributed by atoms with Gasteiger partial charge in [0.2, 0.25) is 0 Å². The van der Waals surface area contributed by atoms with Crippen LogP contribution in [0.15, 0.2) is 91.0 Å². The quantitative estimate of drug-likeness (QED) is 0.755. The standard InChI is InChI=1S/C18H15N.C2H4O3/c1-4-10-16(11-5-1)19(17-12-6-2-7-13-17)18-14-8-3-9-15-18;3-1-2(4)5/h1-15H;3H,1H2,(H,4,5). The fraction of sp³-hybridized carbons (Fsp3) is 0.0500. The highest BCUT2D eigenvalue weighted by molar-refractivity contribution is 5.76. The van der Waals surface area contributed by atoms with Crippen molar-refractivity contribution in [3.63, 3.8) is 0 Å². The van der Waals surface area contributed by atoms with Crippen molar-refractivity contribution >= 4 is 23.0 Å². The van der Waals surface area contributed by atoms with E-state index in [1.807, 2.05) is 18.2 Å². The van der Waals surface area contributed by atoms with Crippen molar-refractivity contribution in [3.05, 3.63) is 91.0 Å². The van der Waals surface area contributed by atoms with Crippen molar-refractivity contribution < 1.29 is 15.0 Å². The van der Waals surface area contributed by atoms with Gasteiger partial charge in [0, 0.05) is 17.1 Å². The van der Waals surface area contributed by atoms with Crippen LogP contribution in [0.1, 0.15) is 0 Å². The molecule has 0 amide bonds. The van der Waals surface area contributed by atoms with Crippen LogP contribution in [-0.2, 0) is 4.79 Å². The van der Waals surface area contributed by atoms with E-state index in [0.717, 1.165) is 0 Å². The van der Waals surface area contributed by atoms with Gasteiger partial charge in [-0.3, -0.25) is 0 Å². The number of nitrogens with zero attached hydrogens (tertiary/aromatic N) is 1. The van der Waals surface area contributed by atoms with Gasteiger partial charge < -0.3 is 15.1 Å². The maximum Gasteiger partial charge on any atom is 0.329 e. The molecule has 3 rings (SSSR count). The van der Waals surface area contributed by atoms with E-state index >= 15 is 0 Å². The zero-order valence-electron chi connectivity index (χ0n) is 13.1. The molecule has 4 nitrogen and oxygen atoms in total. The van der Waals surface area contributed by atoms with Gasteiger partial charge in [0.15, 0.2) is 0 Å². The zero-order chi connectivity index (χ0) is 17.2. The summed E-state index contributed by atoms with van der Waals surface area (Å²) in [7, 11) is 0. The van der Waals surface area contributed by atoms with Gasteiger partial charge in [-0.15, -0.1) is 0 Å². The summed E-state index contributed by atoms with van der Waals surface area (Å²) < 4.78 is 0. The van der Waals surface area contributed by atoms with Crippen LogP contribution in [0.3, 0.4) is 0 Å². The first-order chi connectivity index (χ1) is 11.7. The van der Waals surface area contributed by atoms with E-state index in [-0.39, 0.29) is 0 Å². The highest BCUT2D eigenvalue weighted by atomic mass is 16.4. The Kier molecular flexibility index (Phi) is 6.56. The predicted molar refractivity (Wildman–Crippen MR) is 95.8 cm³/mol. The van der Waals surface area contributed by atoms with Gasteiger partial charge in [-0.1, -0.05) is 54.6 Å². The first-order valence-electron chi connectivity index (χ1n) is 7.50. The lowest BCUT2D eigenvalue weighted by atomic mass is 10.2. The number of anilines is 3. The first-order valence-corrected chi connectivity index (χ1v) is 7.50. The normalized spacial score (nSPS) is 9.54. The van der Waals surface area contributed by atoms with Gasteiger partial charge in [-0.25, -0.2) is 4.79 Å².